The van der Waals surface area contributed by atoms with Gasteiger partial charge in [0.1, 0.15) is 0 Å². The molecule has 0 unspecified atom stereocenters. The predicted octanol–water partition coefficient (Wildman–Crippen LogP) is 3.72. The van der Waals surface area contributed by atoms with Gasteiger partial charge in [0, 0.05) is 4.47 Å². The number of aliphatic carboxylic acids is 1. The first-order valence-corrected chi connectivity index (χ1v) is 6.35. The summed E-state index contributed by atoms with van der Waals surface area (Å²) in [6.07, 6.45) is 1.50. The van der Waals surface area contributed by atoms with Crippen LogP contribution in [0.5, 0.6) is 0 Å². The summed E-state index contributed by atoms with van der Waals surface area (Å²) in [7, 11) is 0. The third-order valence-electron chi connectivity index (χ3n) is 3.52. The monoisotopic (exact) mass is 290 g/mol. The highest BCUT2D eigenvalue weighted by Crippen LogP contribution is 2.50. The highest BCUT2D eigenvalue weighted by atomic mass is 79.9. The van der Waals surface area contributed by atoms with Gasteiger partial charge in [0.15, 0.2) is 0 Å². The molecule has 0 amide bonds. The van der Waals surface area contributed by atoms with Gasteiger partial charge in [-0.05, 0) is 41.3 Å². The lowest BCUT2D eigenvalue weighted by Crippen LogP contribution is -2.19. The molecule has 3 heteroatoms. The van der Waals surface area contributed by atoms with Gasteiger partial charge in [0.2, 0.25) is 0 Å². The Morgan fingerprint density at radius 3 is 2.65 bits per heavy atom. The molecule has 3 rings (SSSR count). The van der Waals surface area contributed by atoms with E-state index in [1.54, 1.807) is 0 Å². The Morgan fingerprint density at radius 1 is 1.24 bits per heavy atom. The van der Waals surface area contributed by atoms with Gasteiger partial charge in [-0.25, -0.2) is 0 Å². The van der Waals surface area contributed by atoms with Crippen molar-refractivity contribution >= 4 is 32.7 Å². The summed E-state index contributed by atoms with van der Waals surface area (Å²) in [5.41, 5.74) is 0.322. The Hall–Kier alpha value is -1.35. The average molecular weight is 291 g/mol. The molecule has 2 nitrogen and oxygen atoms in total. The van der Waals surface area contributed by atoms with Crippen molar-refractivity contribution in [3.8, 4) is 0 Å². The molecule has 1 saturated carbocycles. The van der Waals surface area contributed by atoms with Crippen molar-refractivity contribution in [3.05, 3.63) is 46.4 Å². The molecule has 1 fully saturated rings. The number of hydrogen-bond donors (Lipinski definition) is 1. The molecule has 1 aliphatic carbocycles. The van der Waals surface area contributed by atoms with Crippen LogP contribution in [0.25, 0.3) is 10.8 Å². The van der Waals surface area contributed by atoms with Gasteiger partial charge in [0.05, 0.1) is 5.41 Å². The molecule has 0 aromatic heterocycles. The van der Waals surface area contributed by atoms with Crippen LogP contribution in [-0.2, 0) is 10.2 Å². The van der Waals surface area contributed by atoms with Crippen molar-refractivity contribution in [2.75, 3.05) is 0 Å². The number of carboxylic acids is 1. The smallest absolute Gasteiger partial charge is 0.314 e. The Kier molecular flexibility index (Phi) is 2.26. The van der Waals surface area contributed by atoms with Crippen LogP contribution in [0.1, 0.15) is 18.4 Å². The molecular formula is C14H11BrO2. The van der Waals surface area contributed by atoms with Crippen LogP contribution in [-0.4, -0.2) is 11.1 Å². The zero-order valence-electron chi connectivity index (χ0n) is 9.11. The fourth-order valence-corrected chi connectivity index (χ4v) is 2.77. The Labute approximate surface area is 107 Å². The second kappa shape index (κ2) is 3.57. The highest BCUT2D eigenvalue weighted by Gasteiger charge is 2.52. The van der Waals surface area contributed by atoms with E-state index in [9.17, 15) is 9.90 Å². The lowest BCUT2D eigenvalue weighted by atomic mass is 9.91. The number of fused-ring (bicyclic) bond motifs is 1. The van der Waals surface area contributed by atoms with E-state index in [1.807, 2.05) is 36.4 Å². The molecule has 0 spiro atoms. The van der Waals surface area contributed by atoms with E-state index in [1.165, 1.54) is 0 Å². The molecule has 17 heavy (non-hydrogen) atoms. The summed E-state index contributed by atoms with van der Waals surface area (Å²) < 4.78 is 1.02. The van der Waals surface area contributed by atoms with Crippen molar-refractivity contribution in [2.45, 2.75) is 18.3 Å². The lowest BCUT2D eigenvalue weighted by Gasteiger charge is -2.13. The van der Waals surface area contributed by atoms with Crippen LogP contribution in [0.4, 0.5) is 0 Å². The second-order valence-electron chi connectivity index (χ2n) is 4.56. The maximum absolute atomic E-state index is 11.4. The van der Waals surface area contributed by atoms with E-state index in [0.29, 0.717) is 0 Å². The molecule has 0 aliphatic heterocycles. The normalized spacial score (nSPS) is 17.0. The first-order chi connectivity index (χ1) is 8.13. The van der Waals surface area contributed by atoms with E-state index in [2.05, 4.69) is 15.9 Å². The molecule has 2 aromatic carbocycles. The zero-order valence-corrected chi connectivity index (χ0v) is 10.7. The largest absolute Gasteiger partial charge is 0.481 e. The fourth-order valence-electron chi connectivity index (χ4n) is 2.40. The Morgan fingerprint density at radius 2 is 2.00 bits per heavy atom. The van der Waals surface area contributed by atoms with Crippen molar-refractivity contribution in [1.82, 2.24) is 0 Å². The Balaban J connectivity index is 2.28. The SMILES string of the molecule is O=C(O)C1(c2cccc3cc(Br)ccc23)CC1. The van der Waals surface area contributed by atoms with Crippen molar-refractivity contribution in [2.24, 2.45) is 0 Å². The van der Waals surface area contributed by atoms with Gasteiger partial charge < -0.3 is 5.11 Å². The standard InChI is InChI=1S/C14H11BrO2/c15-10-4-5-11-9(8-10)2-1-3-12(11)14(6-7-14)13(16)17/h1-5,8H,6-7H2,(H,16,17). The summed E-state index contributed by atoms with van der Waals surface area (Å²) in [6, 6.07) is 11.9. The maximum Gasteiger partial charge on any atom is 0.314 e. The average Bonchev–Trinajstić information content (AvgIpc) is 3.09. The summed E-state index contributed by atoms with van der Waals surface area (Å²) in [4.78, 5) is 11.4. The minimum Gasteiger partial charge on any atom is -0.481 e. The van der Waals surface area contributed by atoms with Crippen LogP contribution < -0.4 is 0 Å². The van der Waals surface area contributed by atoms with Gasteiger partial charge in [-0.1, -0.05) is 40.2 Å². The minimum absolute atomic E-state index is 0.632. The van der Waals surface area contributed by atoms with E-state index >= 15 is 0 Å². The number of rotatable bonds is 2. The third-order valence-corrected chi connectivity index (χ3v) is 4.01. The quantitative estimate of drug-likeness (QED) is 0.915. The first kappa shape index (κ1) is 10.8. The Bertz CT molecular complexity index is 615. The molecule has 0 heterocycles. The number of carbonyl (C=O) groups is 1. The minimum atomic E-state index is -0.701. The van der Waals surface area contributed by atoms with Crippen LogP contribution >= 0.6 is 15.9 Å². The van der Waals surface area contributed by atoms with Crippen LogP contribution in [0.3, 0.4) is 0 Å². The van der Waals surface area contributed by atoms with Crippen molar-refractivity contribution in [1.29, 1.82) is 0 Å². The summed E-state index contributed by atoms with van der Waals surface area (Å²) >= 11 is 3.44. The molecule has 0 radical (unpaired) electrons. The highest BCUT2D eigenvalue weighted by molar-refractivity contribution is 9.10. The molecule has 2 aromatic rings. The van der Waals surface area contributed by atoms with E-state index < -0.39 is 11.4 Å². The molecule has 0 atom stereocenters. The molecule has 1 aliphatic rings. The van der Waals surface area contributed by atoms with Gasteiger partial charge in [0.25, 0.3) is 0 Å². The number of halogens is 1. The van der Waals surface area contributed by atoms with Crippen LogP contribution in [0.15, 0.2) is 40.9 Å². The van der Waals surface area contributed by atoms with Crippen LogP contribution in [0, 0.1) is 0 Å². The topological polar surface area (TPSA) is 37.3 Å². The van der Waals surface area contributed by atoms with Gasteiger partial charge in [-0.3, -0.25) is 4.79 Å². The fraction of sp³-hybridized carbons (Fsp3) is 0.214. The molecule has 0 bridgehead atoms. The summed E-state index contributed by atoms with van der Waals surface area (Å²) in [5.74, 6) is -0.701. The molecule has 86 valence electrons. The molecule has 0 saturated heterocycles. The van der Waals surface area contributed by atoms with Crippen LogP contribution in [0.2, 0.25) is 0 Å². The number of carboxylic acid groups (broad SMARTS) is 1. The third kappa shape index (κ3) is 1.57. The zero-order chi connectivity index (χ0) is 12.0. The molecular weight excluding hydrogens is 280 g/mol. The van der Waals surface area contributed by atoms with Gasteiger partial charge >= 0.3 is 5.97 Å². The van der Waals surface area contributed by atoms with E-state index in [0.717, 1.165) is 33.7 Å². The number of benzene rings is 2. The van der Waals surface area contributed by atoms with Crippen molar-refractivity contribution in [3.63, 3.8) is 0 Å². The van der Waals surface area contributed by atoms with Crippen molar-refractivity contribution < 1.29 is 9.90 Å². The molecule has 1 N–H and O–H groups in total. The number of hydrogen-bond acceptors (Lipinski definition) is 1. The summed E-state index contributed by atoms with van der Waals surface area (Å²) in [5, 5.41) is 11.5. The maximum atomic E-state index is 11.4. The second-order valence-corrected chi connectivity index (χ2v) is 5.47. The summed E-state index contributed by atoms with van der Waals surface area (Å²) in [6.45, 7) is 0. The lowest BCUT2D eigenvalue weighted by molar-refractivity contribution is -0.139. The predicted molar refractivity (Wildman–Crippen MR) is 70.2 cm³/mol. The van der Waals surface area contributed by atoms with E-state index in [-0.39, 0.29) is 0 Å². The van der Waals surface area contributed by atoms with E-state index in [4.69, 9.17) is 0 Å². The van der Waals surface area contributed by atoms with Gasteiger partial charge in [-0.2, -0.15) is 0 Å². The first-order valence-electron chi connectivity index (χ1n) is 5.56. The van der Waals surface area contributed by atoms with Gasteiger partial charge in [-0.15, -0.1) is 0 Å².